The zero-order chi connectivity index (χ0) is 13.3. The van der Waals surface area contributed by atoms with Gasteiger partial charge in [-0.05, 0) is 25.7 Å². The van der Waals surface area contributed by atoms with Gasteiger partial charge in [0, 0.05) is 12.0 Å². The fraction of sp³-hybridized carbons (Fsp3) is 0.692. The molecule has 0 aliphatic heterocycles. The van der Waals surface area contributed by atoms with Crippen molar-refractivity contribution in [2.24, 2.45) is 5.84 Å². The summed E-state index contributed by atoms with van der Waals surface area (Å²) in [5, 5.41) is 13.1. The smallest absolute Gasteiger partial charge is 0.145 e. The number of aliphatic hydroxyl groups is 1. The number of hydrogen-bond donors (Lipinski definition) is 4. The average Bonchev–Trinajstić information content (AvgIpc) is 3.19. The lowest BCUT2D eigenvalue weighted by molar-refractivity contribution is 0.214. The van der Waals surface area contributed by atoms with Crippen LogP contribution in [0.5, 0.6) is 0 Å². The van der Waals surface area contributed by atoms with E-state index in [-0.39, 0.29) is 12.1 Å². The Morgan fingerprint density at radius 3 is 2.53 bits per heavy atom. The maximum Gasteiger partial charge on any atom is 0.145 e. The Kier molecular flexibility index (Phi) is 3.28. The number of nitrogens with two attached hydrogens (primary N) is 1. The number of nitrogen functional groups attached to an aromatic ring is 1. The average molecular weight is 263 g/mol. The maximum atomic E-state index is 9.65. The normalized spacial score (nSPS) is 21.4. The van der Waals surface area contributed by atoms with Crippen molar-refractivity contribution in [3.63, 3.8) is 0 Å². The zero-order valence-corrected chi connectivity index (χ0v) is 11.0. The highest BCUT2D eigenvalue weighted by atomic mass is 16.3. The van der Waals surface area contributed by atoms with Gasteiger partial charge < -0.3 is 15.8 Å². The van der Waals surface area contributed by atoms with Crippen molar-refractivity contribution in [3.05, 3.63) is 11.9 Å². The molecule has 2 aliphatic carbocycles. The molecule has 0 radical (unpaired) electrons. The van der Waals surface area contributed by atoms with E-state index in [9.17, 15) is 5.11 Å². The van der Waals surface area contributed by atoms with Crippen molar-refractivity contribution < 1.29 is 5.11 Å². The molecule has 0 unspecified atom stereocenters. The number of aliphatic hydroxyl groups excluding tert-OH is 1. The first kappa shape index (κ1) is 12.6. The zero-order valence-electron chi connectivity index (χ0n) is 11.0. The largest absolute Gasteiger partial charge is 0.394 e. The van der Waals surface area contributed by atoms with Crippen molar-refractivity contribution in [2.45, 2.75) is 50.0 Å². The third-order valence-electron chi connectivity index (χ3n) is 4.09. The van der Waals surface area contributed by atoms with Gasteiger partial charge in [-0.1, -0.05) is 12.8 Å². The molecule has 0 amide bonds. The number of nitrogens with one attached hydrogen (secondary N) is 2. The number of hydrogen-bond acceptors (Lipinski definition) is 6. The van der Waals surface area contributed by atoms with E-state index in [1.54, 1.807) is 0 Å². The molecule has 0 atom stereocenters. The van der Waals surface area contributed by atoms with Crippen LogP contribution in [0.1, 0.15) is 50.3 Å². The van der Waals surface area contributed by atoms with Crippen LogP contribution in [0.2, 0.25) is 0 Å². The summed E-state index contributed by atoms with van der Waals surface area (Å²) in [4.78, 5) is 8.96. The summed E-state index contributed by atoms with van der Waals surface area (Å²) < 4.78 is 0. The molecule has 2 saturated carbocycles. The summed E-state index contributed by atoms with van der Waals surface area (Å²) in [6.07, 6.45) is 6.57. The van der Waals surface area contributed by atoms with E-state index in [1.807, 2.05) is 6.07 Å². The van der Waals surface area contributed by atoms with Crippen molar-refractivity contribution in [1.82, 2.24) is 9.97 Å². The van der Waals surface area contributed by atoms with Crippen LogP contribution in [0, 0.1) is 0 Å². The lowest BCUT2D eigenvalue weighted by Crippen LogP contribution is -2.39. The first-order valence-electron chi connectivity index (χ1n) is 6.99. The van der Waals surface area contributed by atoms with Crippen LogP contribution in [0.15, 0.2) is 6.07 Å². The molecule has 19 heavy (non-hydrogen) atoms. The summed E-state index contributed by atoms with van der Waals surface area (Å²) in [5.41, 5.74) is 2.37. The summed E-state index contributed by atoms with van der Waals surface area (Å²) in [6, 6.07) is 1.81. The molecule has 0 bridgehead atoms. The van der Waals surface area contributed by atoms with Crippen molar-refractivity contribution in [1.29, 1.82) is 0 Å². The van der Waals surface area contributed by atoms with E-state index in [2.05, 4.69) is 20.7 Å². The fourth-order valence-electron chi connectivity index (χ4n) is 2.77. The Morgan fingerprint density at radius 1 is 1.26 bits per heavy atom. The Balaban J connectivity index is 1.84. The second-order valence-electron chi connectivity index (χ2n) is 5.69. The molecule has 0 spiro atoms. The highest BCUT2D eigenvalue weighted by molar-refractivity contribution is 5.49. The molecule has 1 aromatic heterocycles. The van der Waals surface area contributed by atoms with Gasteiger partial charge in [0.1, 0.15) is 17.5 Å². The van der Waals surface area contributed by atoms with Gasteiger partial charge in [-0.2, -0.15) is 0 Å². The third-order valence-corrected chi connectivity index (χ3v) is 4.09. The van der Waals surface area contributed by atoms with Crippen LogP contribution >= 0.6 is 0 Å². The van der Waals surface area contributed by atoms with Crippen molar-refractivity contribution in [2.75, 3.05) is 17.3 Å². The van der Waals surface area contributed by atoms with Crippen LogP contribution in [0.4, 0.5) is 11.6 Å². The molecular weight excluding hydrogens is 242 g/mol. The maximum absolute atomic E-state index is 9.65. The van der Waals surface area contributed by atoms with Crippen LogP contribution in [-0.4, -0.2) is 27.2 Å². The number of hydrazine groups is 1. The monoisotopic (exact) mass is 263 g/mol. The molecule has 3 rings (SSSR count). The standard InChI is InChI=1S/C13H21N5O/c14-18-11-7-10(15-12(16-11)9-3-4-9)17-13(8-19)5-1-2-6-13/h7,9,19H,1-6,8,14H2,(H2,15,16,17,18). The van der Waals surface area contributed by atoms with Crippen LogP contribution in [0.25, 0.3) is 0 Å². The van der Waals surface area contributed by atoms with Gasteiger partial charge in [0.25, 0.3) is 0 Å². The van der Waals surface area contributed by atoms with Crippen molar-refractivity contribution >= 4 is 11.6 Å². The lowest BCUT2D eigenvalue weighted by atomic mass is 9.99. The molecule has 6 nitrogen and oxygen atoms in total. The second-order valence-corrected chi connectivity index (χ2v) is 5.69. The minimum atomic E-state index is -0.221. The van der Waals surface area contributed by atoms with E-state index < -0.39 is 0 Å². The molecule has 104 valence electrons. The van der Waals surface area contributed by atoms with E-state index in [1.165, 1.54) is 0 Å². The predicted molar refractivity (Wildman–Crippen MR) is 73.7 cm³/mol. The molecule has 0 saturated heterocycles. The van der Waals surface area contributed by atoms with Gasteiger partial charge in [0.05, 0.1) is 12.1 Å². The van der Waals surface area contributed by atoms with Gasteiger partial charge in [-0.3, -0.25) is 0 Å². The van der Waals surface area contributed by atoms with Gasteiger partial charge in [-0.25, -0.2) is 15.8 Å². The Labute approximate surface area is 112 Å². The molecule has 1 heterocycles. The molecule has 0 aromatic carbocycles. The summed E-state index contributed by atoms with van der Waals surface area (Å²) in [5.74, 6) is 8.18. The minimum Gasteiger partial charge on any atom is -0.394 e. The van der Waals surface area contributed by atoms with E-state index >= 15 is 0 Å². The SMILES string of the molecule is NNc1cc(NC2(CO)CCCC2)nc(C2CC2)n1. The number of rotatable bonds is 5. The first-order chi connectivity index (χ1) is 9.24. The van der Waals surface area contributed by atoms with E-state index in [4.69, 9.17) is 5.84 Å². The van der Waals surface area contributed by atoms with Crippen LogP contribution in [-0.2, 0) is 0 Å². The third kappa shape index (κ3) is 2.64. The quantitative estimate of drug-likeness (QED) is 0.473. The lowest BCUT2D eigenvalue weighted by Gasteiger charge is -2.28. The van der Waals surface area contributed by atoms with Gasteiger partial charge in [0.2, 0.25) is 0 Å². The van der Waals surface area contributed by atoms with E-state index in [0.717, 1.165) is 50.2 Å². The molecule has 2 fully saturated rings. The van der Waals surface area contributed by atoms with Crippen LogP contribution < -0.4 is 16.6 Å². The van der Waals surface area contributed by atoms with Crippen LogP contribution in [0.3, 0.4) is 0 Å². The molecule has 2 aliphatic rings. The number of anilines is 2. The molecule has 6 heteroatoms. The van der Waals surface area contributed by atoms with Gasteiger partial charge >= 0.3 is 0 Å². The highest BCUT2D eigenvalue weighted by Crippen LogP contribution is 2.39. The summed E-state index contributed by atoms with van der Waals surface area (Å²) >= 11 is 0. The minimum absolute atomic E-state index is 0.140. The van der Waals surface area contributed by atoms with Gasteiger partial charge in [-0.15, -0.1) is 0 Å². The summed E-state index contributed by atoms with van der Waals surface area (Å²) in [6.45, 7) is 0.140. The molecular formula is C13H21N5O. The Bertz CT molecular complexity index is 454. The number of aromatic nitrogens is 2. The number of nitrogens with zero attached hydrogens (tertiary/aromatic N) is 2. The predicted octanol–water partition coefficient (Wildman–Crippen LogP) is 1.36. The fourth-order valence-corrected chi connectivity index (χ4v) is 2.77. The van der Waals surface area contributed by atoms with Crippen molar-refractivity contribution in [3.8, 4) is 0 Å². The van der Waals surface area contributed by atoms with E-state index in [0.29, 0.717) is 11.7 Å². The summed E-state index contributed by atoms with van der Waals surface area (Å²) in [7, 11) is 0. The highest BCUT2D eigenvalue weighted by Gasteiger charge is 2.34. The molecule has 1 aromatic rings. The Hall–Kier alpha value is -1.40. The van der Waals surface area contributed by atoms with Gasteiger partial charge in [0.15, 0.2) is 0 Å². The molecule has 5 N–H and O–H groups in total. The second kappa shape index (κ2) is 4.94. The topological polar surface area (TPSA) is 96.1 Å². The first-order valence-corrected chi connectivity index (χ1v) is 6.99. The Morgan fingerprint density at radius 2 is 1.95 bits per heavy atom.